The zero-order chi connectivity index (χ0) is 14.2. The molecule has 20 heavy (non-hydrogen) atoms. The van der Waals surface area contributed by atoms with E-state index in [2.05, 4.69) is 61.3 Å². The van der Waals surface area contributed by atoms with Gasteiger partial charge in [-0.15, -0.1) is 0 Å². The molecule has 3 rings (SSSR count). The van der Waals surface area contributed by atoms with Crippen LogP contribution < -0.4 is 5.32 Å². The van der Waals surface area contributed by atoms with Gasteiger partial charge in [0, 0.05) is 25.2 Å². The second-order valence-electron chi connectivity index (χ2n) is 7.03. The van der Waals surface area contributed by atoms with Crippen molar-refractivity contribution >= 4 is 0 Å². The van der Waals surface area contributed by atoms with Crippen molar-refractivity contribution in [2.45, 2.75) is 57.7 Å². The van der Waals surface area contributed by atoms with Gasteiger partial charge in [0.1, 0.15) is 0 Å². The molecule has 0 amide bonds. The van der Waals surface area contributed by atoms with Gasteiger partial charge >= 0.3 is 0 Å². The van der Waals surface area contributed by atoms with E-state index in [1.54, 1.807) is 0 Å². The van der Waals surface area contributed by atoms with Gasteiger partial charge in [0.05, 0.1) is 5.54 Å². The van der Waals surface area contributed by atoms with Crippen molar-refractivity contribution in [2.75, 3.05) is 13.1 Å². The van der Waals surface area contributed by atoms with Crippen LogP contribution in [0.25, 0.3) is 0 Å². The maximum absolute atomic E-state index is 3.78. The van der Waals surface area contributed by atoms with Crippen LogP contribution in [0.4, 0.5) is 0 Å². The summed E-state index contributed by atoms with van der Waals surface area (Å²) in [6, 6.07) is 12.3. The summed E-state index contributed by atoms with van der Waals surface area (Å²) in [5, 5.41) is 3.78. The maximum Gasteiger partial charge on any atom is 0.0535 e. The van der Waals surface area contributed by atoms with Crippen molar-refractivity contribution in [2.24, 2.45) is 5.92 Å². The van der Waals surface area contributed by atoms with Gasteiger partial charge in [-0.25, -0.2) is 0 Å². The minimum absolute atomic E-state index is 0.0891. The van der Waals surface area contributed by atoms with Gasteiger partial charge in [-0.05, 0) is 45.1 Å². The number of nitrogens with one attached hydrogen (secondary N) is 1. The fourth-order valence-corrected chi connectivity index (χ4v) is 3.80. The highest BCUT2D eigenvalue weighted by molar-refractivity contribution is 5.25. The fraction of sp³-hybridized carbons (Fsp3) is 0.667. The average molecular weight is 272 g/mol. The van der Waals surface area contributed by atoms with E-state index in [4.69, 9.17) is 0 Å². The van der Waals surface area contributed by atoms with Crippen LogP contribution in [0.15, 0.2) is 30.3 Å². The van der Waals surface area contributed by atoms with E-state index in [0.717, 1.165) is 25.0 Å². The Bertz CT molecular complexity index is 440. The van der Waals surface area contributed by atoms with Crippen molar-refractivity contribution in [1.82, 2.24) is 10.2 Å². The Morgan fingerprint density at radius 1 is 1.25 bits per heavy atom. The van der Waals surface area contributed by atoms with Crippen LogP contribution in [-0.2, 0) is 5.54 Å². The number of hydrogen-bond donors (Lipinski definition) is 1. The summed E-state index contributed by atoms with van der Waals surface area (Å²) in [6.07, 6.45) is 4.30. The van der Waals surface area contributed by atoms with E-state index in [1.807, 2.05) is 0 Å². The molecule has 2 heteroatoms. The topological polar surface area (TPSA) is 15.3 Å². The van der Waals surface area contributed by atoms with Gasteiger partial charge < -0.3 is 5.32 Å². The molecule has 0 aromatic heterocycles. The number of benzene rings is 1. The highest BCUT2D eigenvalue weighted by Gasteiger charge is 2.39. The first-order valence-corrected chi connectivity index (χ1v) is 8.16. The predicted octanol–water partition coefficient (Wildman–Crippen LogP) is 3.38. The summed E-state index contributed by atoms with van der Waals surface area (Å²) in [7, 11) is 0. The summed E-state index contributed by atoms with van der Waals surface area (Å²) in [6.45, 7) is 9.37. The van der Waals surface area contributed by atoms with E-state index < -0.39 is 0 Å². The third kappa shape index (κ3) is 2.51. The molecule has 2 aliphatic rings. The van der Waals surface area contributed by atoms with Crippen molar-refractivity contribution in [1.29, 1.82) is 0 Å². The van der Waals surface area contributed by atoms with Crippen LogP contribution in [0.1, 0.15) is 45.6 Å². The standard InChI is InChI=1S/C18H28N2/c1-14-12-19-18(3,17-10-5-4-6-11-17)13-20(14)15(2)16-8-7-9-16/h4-6,10-11,14-16,19H,7-9,12-13H2,1-3H3. The molecule has 1 aliphatic heterocycles. The summed E-state index contributed by atoms with van der Waals surface area (Å²) in [5.41, 5.74) is 1.50. The summed E-state index contributed by atoms with van der Waals surface area (Å²) in [4.78, 5) is 2.74. The van der Waals surface area contributed by atoms with Crippen LogP contribution in [0, 0.1) is 5.92 Å². The molecule has 3 unspecified atom stereocenters. The van der Waals surface area contributed by atoms with E-state index in [-0.39, 0.29) is 5.54 Å². The third-order valence-electron chi connectivity index (χ3n) is 5.62. The lowest BCUT2D eigenvalue weighted by Crippen LogP contribution is -2.63. The van der Waals surface area contributed by atoms with Crippen molar-refractivity contribution < 1.29 is 0 Å². The van der Waals surface area contributed by atoms with Gasteiger partial charge in [0.25, 0.3) is 0 Å². The molecule has 110 valence electrons. The molecule has 2 nitrogen and oxygen atoms in total. The Morgan fingerprint density at radius 2 is 1.95 bits per heavy atom. The second kappa shape index (κ2) is 5.50. The fourth-order valence-electron chi connectivity index (χ4n) is 3.80. The smallest absolute Gasteiger partial charge is 0.0535 e. The van der Waals surface area contributed by atoms with E-state index in [1.165, 1.54) is 24.8 Å². The number of piperazine rings is 1. The van der Waals surface area contributed by atoms with Crippen LogP contribution in [0.3, 0.4) is 0 Å². The molecule has 1 aliphatic carbocycles. The molecule has 1 saturated heterocycles. The number of rotatable bonds is 3. The largest absolute Gasteiger partial charge is 0.305 e. The van der Waals surface area contributed by atoms with E-state index in [9.17, 15) is 0 Å². The zero-order valence-corrected chi connectivity index (χ0v) is 13.1. The first-order valence-electron chi connectivity index (χ1n) is 8.16. The Labute approximate surface area is 123 Å². The number of nitrogens with zero attached hydrogens (tertiary/aromatic N) is 1. The minimum Gasteiger partial charge on any atom is -0.305 e. The molecule has 0 bridgehead atoms. The van der Waals surface area contributed by atoms with E-state index >= 15 is 0 Å². The lowest BCUT2D eigenvalue weighted by atomic mass is 9.78. The Balaban J connectivity index is 1.78. The first kappa shape index (κ1) is 14.1. The third-order valence-corrected chi connectivity index (χ3v) is 5.62. The van der Waals surface area contributed by atoms with E-state index in [0.29, 0.717) is 6.04 Å². The average Bonchev–Trinajstić information content (AvgIpc) is 2.41. The van der Waals surface area contributed by atoms with Crippen LogP contribution >= 0.6 is 0 Å². The maximum atomic E-state index is 3.78. The summed E-state index contributed by atoms with van der Waals surface area (Å²) in [5.74, 6) is 0.926. The highest BCUT2D eigenvalue weighted by Crippen LogP contribution is 2.35. The Hall–Kier alpha value is -0.860. The van der Waals surface area contributed by atoms with Gasteiger partial charge in [0.2, 0.25) is 0 Å². The molecule has 1 heterocycles. The van der Waals surface area contributed by atoms with Crippen LogP contribution in [0.2, 0.25) is 0 Å². The number of hydrogen-bond acceptors (Lipinski definition) is 2. The molecule has 0 radical (unpaired) electrons. The molecule has 0 spiro atoms. The van der Waals surface area contributed by atoms with Crippen LogP contribution in [0.5, 0.6) is 0 Å². The monoisotopic (exact) mass is 272 g/mol. The quantitative estimate of drug-likeness (QED) is 0.907. The molecule has 1 aromatic rings. The molecule has 1 aromatic carbocycles. The van der Waals surface area contributed by atoms with Crippen molar-refractivity contribution in [3.8, 4) is 0 Å². The minimum atomic E-state index is 0.0891. The SMILES string of the molecule is CC1CNC(C)(c2ccccc2)CN1C(C)C1CCC1. The summed E-state index contributed by atoms with van der Waals surface area (Å²) < 4.78 is 0. The molecule has 1 N–H and O–H groups in total. The Kier molecular flexibility index (Phi) is 3.87. The molecular formula is C18H28N2. The zero-order valence-electron chi connectivity index (χ0n) is 13.1. The van der Waals surface area contributed by atoms with Gasteiger partial charge in [-0.3, -0.25) is 4.90 Å². The molecular weight excluding hydrogens is 244 g/mol. The predicted molar refractivity (Wildman–Crippen MR) is 84.8 cm³/mol. The first-order chi connectivity index (χ1) is 9.60. The lowest BCUT2D eigenvalue weighted by molar-refractivity contribution is 0.0181. The normalized spacial score (nSPS) is 33.6. The van der Waals surface area contributed by atoms with Crippen molar-refractivity contribution in [3.63, 3.8) is 0 Å². The molecule has 2 fully saturated rings. The highest BCUT2D eigenvalue weighted by atomic mass is 15.3. The Morgan fingerprint density at radius 3 is 2.55 bits per heavy atom. The van der Waals surface area contributed by atoms with Gasteiger partial charge in [-0.2, -0.15) is 0 Å². The molecule has 3 atom stereocenters. The van der Waals surface area contributed by atoms with Crippen molar-refractivity contribution in [3.05, 3.63) is 35.9 Å². The van der Waals surface area contributed by atoms with Gasteiger partial charge in [0.15, 0.2) is 0 Å². The van der Waals surface area contributed by atoms with Crippen LogP contribution in [-0.4, -0.2) is 30.1 Å². The summed E-state index contributed by atoms with van der Waals surface area (Å²) >= 11 is 0. The molecule has 1 saturated carbocycles. The lowest BCUT2D eigenvalue weighted by Gasteiger charge is -2.50. The second-order valence-corrected chi connectivity index (χ2v) is 7.03. The van der Waals surface area contributed by atoms with Gasteiger partial charge in [-0.1, -0.05) is 36.8 Å².